The summed E-state index contributed by atoms with van der Waals surface area (Å²) in [5, 5.41) is 0. The quantitative estimate of drug-likeness (QED) is 0.202. The van der Waals surface area contributed by atoms with E-state index in [2.05, 4.69) is 107 Å². The number of benzene rings is 2. The van der Waals surface area contributed by atoms with E-state index in [4.69, 9.17) is 0 Å². The molecule has 0 aromatic heterocycles. The molecule has 0 radical (unpaired) electrons. The molecule has 0 saturated heterocycles. The second-order valence-corrected chi connectivity index (χ2v) is 13.1. The molecular formula is C39H64. The van der Waals surface area contributed by atoms with E-state index in [0.717, 1.165) is 0 Å². The van der Waals surface area contributed by atoms with Crippen molar-refractivity contribution in [2.75, 3.05) is 0 Å². The van der Waals surface area contributed by atoms with Gasteiger partial charge in [0.15, 0.2) is 0 Å². The number of hydrogen-bond acceptors (Lipinski definition) is 0. The summed E-state index contributed by atoms with van der Waals surface area (Å²) in [5.74, 6) is 3.74. The van der Waals surface area contributed by atoms with E-state index in [1.54, 1.807) is 44.5 Å². The molecule has 0 aliphatic heterocycles. The molecule has 2 aromatic carbocycles. The minimum atomic E-state index is 0.622. The second-order valence-electron chi connectivity index (χ2n) is 13.1. The molecule has 0 saturated carbocycles. The minimum Gasteiger partial charge on any atom is -0.0648 e. The topological polar surface area (TPSA) is 0 Å². The van der Waals surface area contributed by atoms with Crippen LogP contribution in [0.25, 0.3) is 0 Å². The zero-order chi connectivity index (χ0) is 29.3. The molecule has 6 unspecified atom stereocenters. The highest BCUT2D eigenvalue weighted by molar-refractivity contribution is 5.46. The van der Waals surface area contributed by atoms with Gasteiger partial charge in [-0.3, -0.25) is 0 Å². The molecule has 6 atom stereocenters. The Morgan fingerprint density at radius 2 is 0.718 bits per heavy atom. The molecule has 220 valence electrons. The average molecular weight is 533 g/mol. The van der Waals surface area contributed by atoms with Crippen LogP contribution in [0.3, 0.4) is 0 Å². The molecule has 0 fully saturated rings. The lowest BCUT2D eigenvalue weighted by atomic mass is 9.78. The molecule has 0 aliphatic carbocycles. The van der Waals surface area contributed by atoms with E-state index >= 15 is 0 Å². The van der Waals surface area contributed by atoms with E-state index in [9.17, 15) is 0 Å². The zero-order valence-corrected chi connectivity index (χ0v) is 28.1. The molecule has 0 heterocycles. The molecule has 0 aliphatic rings. The van der Waals surface area contributed by atoms with Gasteiger partial charge in [-0.15, -0.1) is 0 Å². The lowest BCUT2D eigenvalue weighted by molar-refractivity contribution is 0.646. The van der Waals surface area contributed by atoms with E-state index < -0.39 is 0 Å². The molecule has 0 spiro atoms. The predicted octanol–water partition coefficient (Wildman–Crippen LogP) is 12.9. The molecule has 0 bridgehead atoms. The molecule has 0 N–H and O–H groups in total. The summed E-state index contributed by atoms with van der Waals surface area (Å²) in [6, 6.07) is 10.4. The van der Waals surface area contributed by atoms with E-state index in [-0.39, 0.29) is 0 Å². The Balaban J connectivity index is 2.58. The predicted molar refractivity (Wildman–Crippen MR) is 177 cm³/mol. The third kappa shape index (κ3) is 8.24. The lowest BCUT2D eigenvalue weighted by Crippen LogP contribution is -2.11. The van der Waals surface area contributed by atoms with Gasteiger partial charge in [0.05, 0.1) is 0 Å². The largest absolute Gasteiger partial charge is 0.0648 e. The van der Waals surface area contributed by atoms with Crippen LogP contribution in [-0.4, -0.2) is 0 Å². The minimum absolute atomic E-state index is 0.622. The SMILES string of the molecule is CCC(C)c1cc(CCCc2cc(C(C)CC)cc(C(C)CC)c2C(C)CC)c(C(C)CC)c(C(C)CC)c1. The number of hydrogen-bond donors (Lipinski definition) is 0. The Labute approximate surface area is 244 Å². The highest BCUT2D eigenvalue weighted by atomic mass is 14.3. The van der Waals surface area contributed by atoms with Crippen LogP contribution in [0.1, 0.15) is 208 Å². The third-order valence-corrected chi connectivity index (χ3v) is 10.4. The fourth-order valence-corrected chi connectivity index (χ4v) is 6.32. The summed E-state index contributed by atoms with van der Waals surface area (Å²) in [7, 11) is 0. The van der Waals surface area contributed by atoms with Gasteiger partial charge in [0.2, 0.25) is 0 Å². The molecule has 0 amide bonds. The van der Waals surface area contributed by atoms with Crippen LogP contribution >= 0.6 is 0 Å². The maximum Gasteiger partial charge on any atom is -0.0187 e. The van der Waals surface area contributed by atoms with Crippen molar-refractivity contribution in [3.8, 4) is 0 Å². The van der Waals surface area contributed by atoms with Crippen molar-refractivity contribution in [3.63, 3.8) is 0 Å². The maximum absolute atomic E-state index is 2.61. The van der Waals surface area contributed by atoms with Gasteiger partial charge in [-0.1, -0.05) is 107 Å². The molecule has 2 aromatic rings. The van der Waals surface area contributed by atoms with Crippen LogP contribution < -0.4 is 0 Å². The molecule has 0 heteroatoms. The van der Waals surface area contributed by atoms with Crippen molar-refractivity contribution in [3.05, 3.63) is 68.8 Å². The summed E-state index contributed by atoms with van der Waals surface area (Å²) in [4.78, 5) is 0. The summed E-state index contributed by atoms with van der Waals surface area (Å²) in [5.41, 5.74) is 13.0. The van der Waals surface area contributed by atoms with Gasteiger partial charge in [0.1, 0.15) is 0 Å². The van der Waals surface area contributed by atoms with Gasteiger partial charge in [-0.2, -0.15) is 0 Å². The highest BCUT2D eigenvalue weighted by Gasteiger charge is 2.22. The Morgan fingerprint density at radius 1 is 0.410 bits per heavy atom. The molecule has 0 nitrogen and oxygen atoms in total. The molecule has 2 rings (SSSR count). The second kappa shape index (κ2) is 16.0. The Morgan fingerprint density at radius 3 is 1.00 bits per heavy atom. The standard InChI is InChI=1S/C39H64/c1-13-26(7)34-22-32(38(30(11)17-5)36(24-34)28(9)15-3)20-19-21-33-23-35(27(8)14-2)25-37(29(10)16-4)39(33)31(12)18-6/h22-31H,13-21H2,1-12H3. The van der Waals surface area contributed by atoms with Crippen molar-refractivity contribution in [1.29, 1.82) is 0 Å². The fraction of sp³-hybridized carbons (Fsp3) is 0.692. The van der Waals surface area contributed by atoms with Crippen LogP contribution in [0.4, 0.5) is 0 Å². The van der Waals surface area contributed by atoms with Crippen molar-refractivity contribution < 1.29 is 0 Å². The van der Waals surface area contributed by atoms with Gasteiger partial charge >= 0.3 is 0 Å². The van der Waals surface area contributed by atoms with E-state index in [0.29, 0.717) is 35.5 Å². The molecular weight excluding hydrogens is 468 g/mol. The van der Waals surface area contributed by atoms with Gasteiger partial charge in [0.25, 0.3) is 0 Å². The summed E-state index contributed by atoms with van der Waals surface area (Å²) < 4.78 is 0. The molecule has 39 heavy (non-hydrogen) atoms. The first-order valence-electron chi connectivity index (χ1n) is 16.9. The third-order valence-electron chi connectivity index (χ3n) is 10.4. The smallest absolute Gasteiger partial charge is 0.0187 e. The van der Waals surface area contributed by atoms with Crippen molar-refractivity contribution in [2.24, 2.45) is 0 Å². The van der Waals surface area contributed by atoms with Crippen molar-refractivity contribution in [1.82, 2.24) is 0 Å². The number of rotatable bonds is 16. The van der Waals surface area contributed by atoms with Crippen LogP contribution in [0, 0.1) is 0 Å². The van der Waals surface area contributed by atoms with Crippen LogP contribution in [-0.2, 0) is 12.8 Å². The van der Waals surface area contributed by atoms with E-state index in [1.807, 2.05) is 0 Å². The van der Waals surface area contributed by atoms with Gasteiger partial charge in [-0.25, -0.2) is 0 Å². The Kier molecular flexibility index (Phi) is 13.8. The monoisotopic (exact) mass is 533 g/mol. The van der Waals surface area contributed by atoms with Gasteiger partial charge in [-0.05, 0) is 138 Å². The first-order valence-corrected chi connectivity index (χ1v) is 16.9. The van der Waals surface area contributed by atoms with Gasteiger partial charge < -0.3 is 0 Å². The highest BCUT2D eigenvalue weighted by Crippen LogP contribution is 2.39. The summed E-state index contributed by atoms with van der Waals surface area (Å²) >= 11 is 0. The summed E-state index contributed by atoms with van der Waals surface area (Å²) in [6.07, 6.45) is 10.9. The summed E-state index contributed by atoms with van der Waals surface area (Å²) in [6.45, 7) is 28.8. The first-order chi connectivity index (χ1) is 18.6. The Bertz CT molecular complexity index is 930. The van der Waals surface area contributed by atoms with Crippen LogP contribution in [0.15, 0.2) is 24.3 Å². The Hall–Kier alpha value is -1.56. The number of aryl methyl sites for hydroxylation is 2. The van der Waals surface area contributed by atoms with Gasteiger partial charge in [0, 0.05) is 0 Å². The lowest BCUT2D eigenvalue weighted by Gasteiger charge is -2.27. The normalized spacial score (nSPS) is 16.5. The van der Waals surface area contributed by atoms with Crippen molar-refractivity contribution in [2.45, 2.75) is 176 Å². The fourth-order valence-electron chi connectivity index (χ4n) is 6.32. The maximum atomic E-state index is 2.61. The van der Waals surface area contributed by atoms with E-state index in [1.165, 1.54) is 57.8 Å². The van der Waals surface area contributed by atoms with Crippen LogP contribution in [0.2, 0.25) is 0 Å². The zero-order valence-electron chi connectivity index (χ0n) is 28.1. The van der Waals surface area contributed by atoms with Crippen LogP contribution in [0.5, 0.6) is 0 Å². The van der Waals surface area contributed by atoms with Crippen molar-refractivity contribution >= 4 is 0 Å². The average Bonchev–Trinajstić information content (AvgIpc) is 2.97. The first kappa shape index (κ1) is 33.6.